The highest BCUT2D eigenvalue weighted by Gasteiger charge is 2.12. The third-order valence-corrected chi connectivity index (χ3v) is 3.20. The molecule has 0 unspecified atom stereocenters. The summed E-state index contributed by atoms with van der Waals surface area (Å²) in [5, 5.41) is 4.46. The second-order valence-electron chi connectivity index (χ2n) is 4.61. The van der Waals surface area contributed by atoms with Gasteiger partial charge >= 0.3 is 0 Å². The Balaban J connectivity index is 1.96. The number of nitrogens with zero attached hydrogens (tertiary/aromatic N) is 4. The molecule has 1 aromatic carbocycles. The maximum absolute atomic E-state index is 5.89. The zero-order chi connectivity index (χ0) is 14.1. The van der Waals surface area contributed by atoms with Gasteiger partial charge in [-0.3, -0.25) is 0 Å². The fourth-order valence-corrected chi connectivity index (χ4v) is 2.18. The Morgan fingerprint density at radius 3 is 2.75 bits per heavy atom. The summed E-state index contributed by atoms with van der Waals surface area (Å²) in [5.74, 6) is 2.38. The van der Waals surface area contributed by atoms with Gasteiger partial charge in [0.05, 0.1) is 5.69 Å². The Hall–Kier alpha value is -2.37. The molecular formula is C14H17N5O. The molecule has 0 saturated heterocycles. The van der Waals surface area contributed by atoms with E-state index in [2.05, 4.69) is 22.0 Å². The fraction of sp³-hybridized carbons (Fsp3) is 0.357. The average molecular weight is 271 g/mol. The van der Waals surface area contributed by atoms with E-state index in [0.717, 1.165) is 24.5 Å². The lowest BCUT2D eigenvalue weighted by Crippen LogP contribution is -2.06. The highest BCUT2D eigenvalue weighted by atomic mass is 16.3. The maximum Gasteiger partial charge on any atom is 0.217 e. The molecule has 6 nitrogen and oxygen atoms in total. The van der Waals surface area contributed by atoms with Gasteiger partial charge in [-0.05, 0) is 12.1 Å². The van der Waals surface area contributed by atoms with Gasteiger partial charge in [0.1, 0.15) is 17.9 Å². The number of hydrogen-bond donors (Lipinski definition) is 1. The Morgan fingerprint density at radius 1 is 1.20 bits per heavy atom. The van der Waals surface area contributed by atoms with Crippen LogP contribution in [-0.2, 0) is 19.4 Å². The topological polar surface area (TPSA) is 82.8 Å². The SMILES string of the molecule is CCc1nc(CC)n(Cc2nc3c(N)cccc3o2)n1. The molecule has 0 bridgehead atoms. The number of nitrogen functional groups attached to an aromatic ring is 1. The molecule has 2 heterocycles. The summed E-state index contributed by atoms with van der Waals surface area (Å²) >= 11 is 0. The van der Waals surface area contributed by atoms with Gasteiger partial charge in [-0.1, -0.05) is 19.9 Å². The summed E-state index contributed by atoms with van der Waals surface area (Å²) in [6.45, 7) is 4.58. The lowest BCUT2D eigenvalue weighted by atomic mass is 10.3. The molecule has 3 aromatic rings. The molecule has 3 rings (SSSR count). The predicted octanol–water partition coefficient (Wildman–Crippen LogP) is 2.17. The monoisotopic (exact) mass is 271 g/mol. The van der Waals surface area contributed by atoms with Crippen LogP contribution in [0.2, 0.25) is 0 Å². The van der Waals surface area contributed by atoms with Crippen LogP contribution in [0.25, 0.3) is 11.1 Å². The second-order valence-corrected chi connectivity index (χ2v) is 4.61. The Kier molecular flexibility index (Phi) is 3.14. The third-order valence-electron chi connectivity index (χ3n) is 3.20. The molecule has 2 N–H and O–H groups in total. The molecule has 0 aliphatic heterocycles. The van der Waals surface area contributed by atoms with Gasteiger partial charge in [-0.25, -0.2) is 14.6 Å². The number of anilines is 1. The van der Waals surface area contributed by atoms with Crippen LogP contribution in [0.3, 0.4) is 0 Å². The molecular weight excluding hydrogens is 254 g/mol. The summed E-state index contributed by atoms with van der Waals surface area (Å²) in [7, 11) is 0. The van der Waals surface area contributed by atoms with Crippen LogP contribution in [0.1, 0.15) is 31.4 Å². The normalized spacial score (nSPS) is 11.3. The van der Waals surface area contributed by atoms with Crippen LogP contribution in [0.15, 0.2) is 22.6 Å². The van der Waals surface area contributed by atoms with Crippen molar-refractivity contribution in [3.63, 3.8) is 0 Å². The molecule has 0 saturated carbocycles. The average Bonchev–Trinajstić information content (AvgIpc) is 3.03. The molecule has 0 radical (unpaired) electrons. The Bertz CT molecular complexity index is 743. The number of para-hydroxylation sites is 1. The van der Waals surface area contributed by atoms with Crippen LogP contribution >= 0.6 is 0 Å². The second kappa shape index (κ2) is 4.96. The van der Waals surface area contributed by atoms with Gasteiger partial charge in [0, 0.05) is 12.8 Å². The first kappa shape index (κ1) is 12.7. The maximum atomic E-state index is 5.89. The molecule has 0 amide bonds. The minimum absolute atomic E-state index is 0.476. The zero-order valence-electron chi connectivity index (χ0n) is 11.6. The van der Waals surface area contributed by atoms with Crippen molar-refractivity contribution in [2.24, 2.45) is 0 Å². The van der Waals surface area contributed by atoms with Crippen molar-refractivity contribution in [1.82, 2.24) is 19.7 Å². The first-order chi connectivity index (χ1) is 9.71. The van der Waals surface area contributed by atoms with Gasteiger partial charge in [0.25, 0.3) is 0 Å². The number of aryl methyl sites for hydroxylation is 2. The number of oxazole rings is 1. The van der Waals surface area contributed by atoms with E-state index < -0.39 is 0 Å². The summed E-state index contributed by atoms with van der Waals surface area (Å²) < 4.78 is 7.56. The predicted molar refractivity (Wildman–Crippen MR) is 76.3 cm³/mol. The van der Waals surface area contributed by atoms with Gasteiger partial charge in [-0.2, -0.15) is 5.10 Å². The summed E-state index contributed by atoms with van der Waals surface area (Å²) in [6, 6.07) is 5.53. The molecule has 0 aliphatic carbocycles. The minimum Gasteiger partial charge on any atom is -0.439 e. The van der Waals surface area contributed by atoms with Gasteiger partial charge in [0.2, 0.25) is 5.89 Å². The van der Waals surface area contributed by atoms with Gasteiger partial charge in [-0.15, -0.1) is 0 Å². The summed E-state index contributed by atoms with van der Waals surface area (Å²) in [5.41, 5.74) is 7.92. The van der Waals surface area contributed by atoms with E-state index in [-0.39, 0.29) is 0 Å². The van der Waals surface area contributed by atoms with E-state index in [4.69, 9.17) is 10.2 Å². The fourth-order valence-electron chi connectivity index (χ4n) is 2.18. The van der Waals surface area contributed by atoms with Crippen molar-refractivity contribution < 1.29 is 4.42 Å². The molecule has 20 heavy (non-hydrogen) atoms. The van der Waals surface area contributed by atoms with Crippen molar-refractivity contribution in [2.45, 2.75) is 33.2 Å². The smallest absolute Gasteiger partial charge is 0.217 e. The van der Waals surface area contributed by atoms with E-state index in [1.807, 2.05) is 29.8 Å². The van der Waals surface area contributed by atoms with Crippen LogP contribution in [-0.4, -0.2) is 19.7 Å². The van der Waals surface area contributed by atoms with Crippen molar-refractivity contribution in [3.05, 3.63) is 35.7 Å². The lowest BCUT2D eigenvalue weighted by molar-refractivity contribution is 0.482. The highest BCUT2D eigenvalue weighted by molar-refractivity contribution is 5.85. The van der Waals surface area contributed by atoms with Crippen LogP contribution in [0, 0.1) is 0 Å². The molecule has 104 valence electrons. The van der Waals surface area contributed by atoms with Crippen LogP contribution < -0.4 is 5.73 Å². The van der Waals surface area contributed by atoms with E-state index in [0.29, 0.717) is 29.2 Å². The first-order valence-electron chi connectivity index (χ1n) is 6.77. The summed E-state index contributed by atoms with van der Waals surface area (Å²) in [4.78, 5) is 8.91. The number of benzene rings is 1. The van der Waals surface area contributed by atoms with E-state index >= 15 is 0 Å². The zero-order valence-corrected chi connectivity index (χ0v) is 11.6. The Morgan fingerprint density at radius 2 is 2.05 bits per heavy atom. The third kappa shape index (κ3) is 2.13. The molecule has 6 heteroatoms. The van der Waals surface area contributed by atoms with Crippen molar-refractivity contribution >= 4 is 16.8 Å². The van der Waals surface area contributed by atoms with E-state index in [1.54, 1.807) is 0 Å². The van der Waals surface area contributed by atoms with E-state index in [9.17, 15) is 0 Å². The molecule has 2 aromatic heterocycles. The number of hydrogen-bond acceptors (Lipinski definition) is 5. The minimum atomic E-state index is 0.476. The van der Waals surface area contributed by atoms with E-state index in [1.165, 1.54) is 0 Å². The first-order valence-corrected chi connectivity index (χ1v) is 6.77. The number of nitrogens with two attached hydrogens (primary N) is 1. The van der Waals surface area contributed by atoms with Crippen molar-refractivity contribution in [1.29, 1.82) is 0 Å². The van der Waals surface area contributed by atoms with Gasteiger partial charge < -0.3 is 10.2 Å². The molecule has 0 aliphatic rings. The summed E-state index contributed by atoms with van der Waals surface area (Å²) in [6.07, 6.45) is 1.65. The number of rotatable bonds is 4. The molecule has 0 spiro atoms. The van der Waals surface area contributed by atoms with Gasteiger partial charge in [0.15, 0.2) is 11.4 Å². The number of aromatic nitrogens is 4. The van der Waals surface area contributed by atoms with Crippen LogP contribution in [0.4, 0.5) is 5.69 Å². The molecule has 0 atom stereocenters. The van der Waals surface area contributed by atoms with Crippen molar-refractivity contribution in [3.8, 4) is 0 Å². The van der Waals surface area contributed by atoms with Crippen LogP contribution in [0.5, 0.6) is 0 Å². The van der Waals surface area contributed by atoms with Crippen molar-refractivity contribution in [2.75, 3.05) is 5.73 Å². The number of fused-ring (bicyclic) bond motifs is 1. The quantitative estimate of drug-likeness (QED) is 0.735. The molecule has 0 fully saturated rings. The highest BCUT2D eigenvalue weighted by Crippen LogP contribution is 2.21. The standard InChI is InChI=1S/C14H17N5O/c1-3-11-16-12(4-2)19(18-11)8-13-17-14-9(15)6-5-7-10(14)20-13/h5-7H,3-4,8,15H2,1-2H3. The lowest BCUT2D eigenvalue weighted by Gasteiger charge is -1.99. The Labute approximate surface area is 116 Å². The largest absolute Gasteiger partial charge is 0.439 e.